The molecule has 4 nitrogen and oxygen atoms in total. The summed E-state index contributed by atoms with van der Waals surface area (Å²) in [4.78, 5) is 25.5. The van der Waals surface area contributed by atoms with E-state index in [1.807, 2.05) is 18.2 Å². The standard InChI is InChI=1S/C8H14O3.C5H5N/c1-4-7(6(3)9)8(10)11-5-2;1-2-4-6-5-3-1/h7H,4-5H2,1-3H3;1-5H. The van der Waals surface area contributed by atoms with Crippen LogP contribution in [0.4, 0.5) is 0 Å². The number of carbonyl (C=O) groups excluding carboxylic acids is 2. The second-order valence-electron chi connectivity index (χ2n) is 3.35. The predicted octanol–water partition coefficient (Wildman–Crippen LogP) is 2.25. The smallest absolute Gasteiger partial charge is 0.316 e. The predicted molar refractivity (Wildman–Crippen MR) is 65.3 cm³/mol. The molecule has 1 unspecified atom stereocenters. The van der Waals surface area contributed by atoms with Crippen LogP contribution in [-0.4, -0.2) is 23.3 Å². The van der Waals surface area contributed by atoms with Crippen LogP contribution >= 0.6 is 0 Å². The van der Waals surface area contributed by atoms with Gasteiger partial charge in [0, 0.05) is 12.4 Å². The lowest BCUT2D eigenvalue weighted by Crippen LogP contribution is -2.23. The summed E-state index contributed by atoms with van der Waals surface area (Å²) >= 11 is 0. The van der Waals surface area contributed by atoms with E-state index in [1.54, 1.807) is 26.2 Å². The highest BCUT2D eigenvalue weighted by Gasteiger charge is 2.21. The zero-order valence-electron chi connectivity index (χ0n) is 10.6. The Bertz CT molecular complexity index is 298. The minimum Gasteiger partial charge on any atom is -0.465 e. The maximum absolute atomic E-state index is 11.0. The monoisotopic (exact) mass is 237 g/mol. The number of aromatic nitrogens is 1. The summed E-state index contributed by atoms with van der Waals surface area (Å²) in [5.74, 6) is -1.08. The Kier molecular flexibility index (Phi) is 8.55. The molecule has 0 amide bonds. The zero-order valence-corrected chi connectivity index (χ0v) is 10.6. The molecular formula is C13H19NO3. The molecule has 1 heterocycles. The van der Waals surface area contributed by atoms with E-state index in [0.29, 0.717) is 13.0 Å². The number of nitrogens with zero attached hydrogens (tertiary/aromatic N) is 1. The fraction of sp³-hybridized carbons (Fsp3) is 0.462. The van der Waals surface area contributed by atoms with Gasteiger partial charge in [-0.05, 0) is 32.4 Å². The Labute approximate surface area is 102 Å². The molecule has 4 heteroatoms. The molecule has 94 valence electrons. The van der Waals surface area contributed by atoms with Crippen LogP contribution < -0.4 is 0 Å². The van der Waals surface area contributed by atoms with E-state index in [1.165, 1.54) is 6.92 Å². The number of pyridine rings is 1. The first-order valence-corrected chi connectivity index (χ1v) is 5.65. The van der Waals surface area contributed by atoms with Gasteiger partial charge in [0.2, 0.25) is 0 Å². The average Bonchev–Trinajstić information content (AvgIpc) is 2.33. The van der Waals surface area contributed by atoms with Gasteiger partial charge in [0.05, 0.1) is 6.61 Å². The molecule has 0 aromatic carbocycles. The summed E-state index contributed by atoms with van der Waals surface area (Å²) in [6.07, 6.45) is 4.02. The maximum Gasteiger partial charge on any atom is 0.316 e. The van der Waals surface area contributed by atoms with Gasteiger partial charge in [0.25, 0.3) is 0 Å². The summed E-state index contributed by atoms with van der Waals surface area (Å²) in [5.41, 5.74) is 0. The molecule has 0 aliphatic heterocycles. The van der Waals surface area contributed by atoms with Crippen molar-refractivity contribution in [3.05, 3.63) is 30.6 Å². The third kappa shape index (κ3) is 7.22. The van der Waals surface area contributed by atoms with Gasteiger partial charge in [-0.15, -0.1) is 0 Å². The average molecular weight is 237 g/mol. The summed E-state index contributed by atoms with van der Waals surface area (Å²) in [7, 11) is 0. The summed E-state index contributed by atoms with van der Waals surface area (Å²) in [6, 6.07) is 5.72. The van der Waals surface area contributed by atoms with E-state index in [-0.39, 0.29) is 5.78 Å². The van der Waals surface area contributed by atoms with Gasteiger partial charge in [-0.3, -0.25) is 14.6 Å². The van der Waals surface area contributed by atoms with Gasteiger partial charge in [-0.2, -0.15) is 0 Å². The van der Waals surface area contributed by atoms with Gasteiger partial charge in [0.15, 0.2) is 0 Å². The van der Waals surface area contributed by atoms with Crippen molar-refractivity contribution in [3.8, 4) is 0 Å². The number of rotatable bonds is 4. The number of hydrogen-bond acceptors (Lipinski definition) is 4. The number of hydrogen-bond donors (Lipinski definition) is 0. The number of ketones is 1. The van der Waals surface area contributed by atoms with Crippen molar-refractivity contribution in [1.82, 2.24) is 4.98 Å². The van der Waals surface area contributed by atoms with Gasteiger partial charge in [-0.1, -0.05) is 13.0 Å². The third-order valence-electron chi connectivity index (χ3n) is 2.04. The quantitative estimate of drug-likeness (QED) is 0.595. The third-order valence-corrected chi connectivity index (χ3v) is 2.04. The molecule has 1 aromatic heterocycles. The largest absolute Gasteiger partial charge is 0.465 e. The molecule has 0 bridgehead atoms. The molecule has 0 radical (unpaired) electrons. The fourth-order valence-electron chi connectivity index (χ4n) is 1.18. The fourth-order valence-corrected chi connectivity index (χ4v) is 1.18. The second-order valence-corrected chi connectivity index (χ2v) is 3.35. The highest BCUT2D eigenvalue weighted by Crippen LogP contribution is 2.05. The Balaban J connectivity index is 0.000000354. The number of Topliss-reactive ketones (excluding diaryl/α,β-unsaturated/α-hetero) is 1. The van der Waals surface area contributed by atoms with E-state index in [0.717, 1.165) is 0 Å². The molecule has 0 saturated heterocycles. The first-order chi connectivity index (χ1) is 8.13. The minimum atomic E-state index is -0.560. The normalized spacial score (nSPS) is 10.8. The van der Waals surface area contributed by atoms with Crippen LogP contribution in [0.1, 0.15) is 27.2 Å². The van der Waals surface area contributed by atoms with Gasteiger partial charge in [0.1, 0.15) is 11.7 Å². The molecule has 0 N–H and O–H groups in total. The van der Waals surface area contributed by atoms with Crippen molar-refractivity contribution in [2.24, 2.45) is 5.92 Å². The van der Waals surface area contributed by atoms with Crippen LogP contribution in [0.25, 0.3) is 0 Å². The zero-order chi connectivity index (χ0) is 13.1. The van der Waals surface area contributed by atoms with E-state index >= 15 is 0 Å². The Hall–Kier alpha value is -1.71. The molecular weight excluding hydrogens is 218 g/mol. The lowest BCUT2D eigenvalue weighted by atomic mass is 10.0. The molecule has 1 rings (SSSR count). The van der Waals surface area contributed by atoms with Gasteiger partial charge < -0.3 is 4.74 Å². The van der Waals surface area contributed by atoms with Gasteiger partial charge in [-0.25, -0.2) is 0 Å². The van der Waals surface area contributed by atoms with Crippen molar-refractivity contribution in [2.75, 3.05) is 6.61 Å². The summed E-state index contributed by atoms with van der Waals surface area (Å²) in [5, 5.41) is 0. The molecule has 1 atom stereocenters. The van der Waals surface area contributed by atoms with Crippen molar-refractivity contribution < 1.29 is 14.3 Å². The minimum absolute atomic E-state index is 0.119. The summed E-state index contributed by atoms with van der Waals surface area (Å²) < 4.78 is 4.70. The van der Waals surface area contributed by atoms with Crippen LogP contribution in [0.5, 0.6) is 0 Å². The highest BCUT2D eigenvalue weighted by molar-refractivity contribution is 5.97. The Morgan fingerprint density at radius 1 is 1.18 bits per heavy atom. The Morgan fingerprint density at radius 3 is 2.00 bits per heavy atom. The SMILES string of the molecule is CCOC(=O)C(CC)C(C)=O.c1ccncc1. The van der Waals surface area contributed by atoms with E-state index in [4.69, 9.17) is 4.74 Å². The molecule has 0 aliphatic carbocycles. The second kappa shape index (κ2) is 9.51. The Morgan fingerprint density at radius 2 is 1.76 bits per heavy atom. The van der Waals surface area contributed by atoms with Crippen molar-refractivity contribution in [1.29, 1.82) is 0 Å². The van der Waals surface area contributed by atoms with E-state index < -0.39 is 11.9 Å². The van der Waals surface area contributed by atoms with Crippen LogP contribution in [-0.2, 0) is 14.3 Å². The molecule has 0 spiro atoms. The lowest BCUT2D eigenvalue weighted by Gasteiger charge is -2.08. The van der Waals surface area contributed by atoms with Crippen molar-refractivity contribution in [2.45, 2.75) is 27.2 Å². The van der Waals surface area contributed by atoms with Crippen LogP contribution in [0.15, 0.2) is 30.6 Å². The van der Waals surface area contributed by atoms with E-state index in [2.05, 4.69) is 4.98 Å². The first-order valence-electron chi connectivity index (χ1n) is 5.65. The number of esters is 1. The van der Waals surface area contributed by atoms with Crippen LogP contribution in [0.2, 0.25) is 0 Å². The highest BCUT2D eigenvalue weighted by atomic mass is 16.5. The maximum atomic E-state index is 11.0. The number of carbonyl (C=O) groups is 2. The molecule has 1 aromatic rings. The molecule has 17 heavy (non-hydrogen) atoms. The van der Waals surface area contributed by atoms with Crippen LogP contribution in [0.3, 0.4) is 0 Å². The van der Waals surface area contributed by atoms with Crippen molar-refractivity contribution in [3.63, 3.8) is 0 Å². The molecule has 0 aliphatic rings. The number of ether oxygens (including phenoxy) is 1. The first kappa shape index (κ1) is 15.3. The van der Waals surface area contributed by atoms with Crippen LogP contribution in [0, 0.1) is 5.92 Å². The molecule has 0 fully saturated rings. The topological polar surface area (TPSA) is 56.3 Å². The van der Waals surface area contributed by atoms with E-state index in [9.17, 15) is 9.59 Å². The van der Waals surface area contributed by atoms with Gasteiger partial charge >= 0.3 is 5.97 Å². The molecule has 0 saturated carbocycles. The summed E-state index contributed by atoms with van der Waals surface area (Å²) in [6.45, 7) is 5.27. The lowest BCUT2D eigenvalue weighted by molar-refractivity contribution is -0.151. The van der Waals surface area contributed by atoms with Crippen molar-refractivity contribution >= 4 is 11.8 Å².